The summed E-state index contributed by atoms with van der Waals surface area (Å²) < 4.78 is 28.9. The summed E-state index contributed by atoms with van der Waals surface area (Å²) in [5, 5.41) is 13.8. The molecule has 2 aromatic rings. The van der Waals surface area contributed by atoms with Crippen LogP contribution in [-0.2, 0) is 19.8 Å². The van der Waals surface area contributed by atoms with Gasteiger partial charge in [0.2, 0.25) is 5.91 Å². The molecule has 0 spiro atoms. The first kappa shape index (κ1) is 25.2. The summed E-state index contributed by atoms with van der Waals surface area (Å²) in [4.78, 5) is 29.2. The molecule has 0 radical (unpaired) electrons. The van der Waals surface area contributed by atoms with Gasteiger partial charge in [0.15, 0.2) is 5.13 Å². The van der Waals surface area contributed by atoms with Gasteiger partial charge in [-0.15, -0.1) is 11.3 Å². The lowest BCUT2D eigenvalue weighted by Crippen LogP contribution is -2.52. The first-order chi connectivity index (χ1) is 15.7. The molecule has 0 aliphatic carbocycles. The standard InChI is InChI=1S/C21H29N5O5S2/c1-15(2)10-12-25(13-19(27)24-29)33(30,31)26-11-6-9-18(26)20(28)23-21-22-17(14-32-21)16-7-4-3-5-8-16/h3-5,7-8,14-15,18,29H,6,9-13H2,1-2H3,(H,24,27)(H,22,23,28). The van der Waals surface area contributed by atoms with E-state index in [1.165, 1.54) is 16.8 Å². The molecule has 12 heteroatoms. The van der Waals surface area contributed by atoms with Gasteiger partial charge < -0.3 is 5.32 Å². The number of carbonyl (C=O) groups excluding carboxylic acids is 2. The average Bonchev–Trinajstić information content (AvgIpc) is 3.47. The van der Waals surface area contributed by atoms with E-state index in [2.05, 4.69) is 10.3 Å². The van der Waals surface area contributed by atoms with E-state index in [9.17, 15) is 18.0 Å². The number of hydroxylamine groups is 1. The molecule has 0 saturated carbocycles. The van der Waals surface area contributed by atoms with Crippen LogP contribution in [0.5, 0.6) is 0 Å². The highest BCUT2D eigenvalue weighted by molar-refractivity contribution is 7.86. The number of carbonyl (C=O) groups is 2. The highest BCUT2D eigenvalue weighted by atomic mass is 32.2. The lowest BCUT2D eigenvalue weighted by molar-refractivity contribution is -0.129. The fourth-order valence-corrected chi connectivity index (χ4v) is 6.08. The van der Waals surface area contributed by atoms with Gasteiger partial charge in [-0.25, -0.2) is 10.5 Å². The number of amides is 2. The minimum absolute atomic E-state index is 0.102. The van der Waals surface area contributed by atoms with Crippen molar-refractivity contribution < 1.29 is 23.2 Å². The van der Waals surface area contributed by atoms with Gasteiger partial charge in [-0.2, -0.15) is 17.0 Å². The first-order valence-corrected chi connectivity index (χ1v) is 13.0. The predicted octanol–water partition coefficient (Wildman–Crippen LogP) is 2.31. The molecular weight excluding hydrogens is 466 g/mol. The molecule has 33 heavy (non-hydrogen) atoms. The zero-order chi connectivity index (χ0) is 24.0. The van der Waals surface area contributed by atoms with Crippen LogP contribution in [-0.4, -0.2) is 64.7 Å². The Bertz CT molecular complexity index is 1060. The van der Waals surface area contributed by atoms with Crippen LogP contribution in [0, 0.1) is 5.92 Å². The SMILES string of the molecule is CC(C)CCN(CC(=O)NO)S(=O)(=O)N1CCCC1C(=O)Nc1nc(-c2ccccc2)cs1. The summed E-state index contributed by atoms with van der Waals surface area (Å²) >= 11 is 1.27. The Morgan fingerprint density at radius 3 is 2.70 bits per heavy atom. The fraction of sp³-hybridized carbons (Fsp3) is 0.476. The fourth-order valence-electron chi connectivity index (χ4n) is 3.56. The number of hydrogen-bond donors (Lipinski definition) is 3. The van der Waals surface area contributed by atoms with Crippen molar-refractivity contribution in [2.75, 3.05) is 25.0 Å². The largest absolute Gasteiger partial charge is 0.301 e. The summed E-state index contributed by atoms with van der Waals surface area (Å²) in [5.41, 5.74) is 3.12. The highest BCUT2D eigenvalue weighted by Crippen LogP contribution is 2.28. The Hall–Kier alpha value is -2.38. The number of hydrogen-bond acceptors (Lipinski definition) is 7. The van der Waals surface area contributed by atoms with Crippen LogP contribution in [0.2, 0.25) is 0 Å². The number of anilines is 1. The van der Waals surface area contributed by atoms with Crippen LogP contribution < -0.4 is 10.8 Å². The molecule has 2 heterocycles. The maximum Gasteiger partial charge on any atom is 0.283 e. The Balaban J connectivity index is 1.74. The van der Waals surface area contributed by atoms with Gasteiger partial charge in [0.25, 0.3) is 16.1 Å². The van der Waals surface area contributed by atoms with Crippen molar-refractivity contribution in [1.82, 2.24) is 19.1 Å². The molecule has 3 N–H and O–H groups in total. The Morgan fingerprint density at radius 1 is 1.30 bits per heavy atom. The van der Waals surface area contributed by atoms with E-state index < -0.39 is 34.6 Å². The van der Waals surface area contributed by atoms with Gasteiger partial charge in [-0.1, -0.05) is 44.2 Å². The van der Waals surface area contributed by atoms with Gasteiger partial charge in [0.05, 0.1) is 12.2 Å². The molecule has 180 valence electrons. The summed E-state index contributed by atoms with van der Waals surface area (Å²) in [6.45, 7) is 3.64. The van der Waals surface area contributed by atoms with Crippen molar-refractivity contribution in [2.45, 2.75) is 39.2 Å². The maximum absolute atomic E-state index is 13.4. The zero-order valence-electron chi connectivity index (χ0n) is 18.6. The minimum Gasteiger partial charge on any atom is -0.301 e. The van der Waals surface area contributed by atoms with E-state index in [1.807, 2.05) is 49.6 Å². The van der Waals surface area contributed by atoms with E-state index in [0.29, 0.717) is 24.4 Å². The van der Waals surface area contributed by atoms with Crippen LogP contribution >= 0.6 is 11.3 Å². The molecule has 2 amide bonds. The number of nitrogens with zero attached hydrogens (tertiary/aromatic N) is 3. The molecule has 1 fully saturated rings. The van der Waals surface area contributed by atoms with Crippen molar-refractivity contribution >= 4 is 38.5 Å². The zero-order valence-corrected chi connectivity index (χ0v) is 20.2. The summed E-state index contributed by atoms with van der Waals surface area (Å²) in [5.74, 6) is -1.08. The third kappa shape index (κ3) is 6.36. The molecule has 0 bridgehead atoms. The Labute approximate surface area is 197 Å². The van der Waals surface area contributed by atoms with Gasteiger partial charge in [-0.05, 0) is 25.2 Å². The lowest BCUT2D eigenvalue weighted by Gasteiger charge is -2.30. The molecule has 10 nitrogen and oxygen atoms in total. The van der Waals surface area contributed by atoms with Crippen LogP contribution in [0.1, 0.15) is 33.1 Å². The van der Waals surface area contributed by atoms with E-state index in [0.717, 1.165) is 19.9 Å². The van der Waals surface area contributed by atoms with E-state index in [-0.39, 0.29) is 19.0 Å². The highest BCUT2D eigenvalue weighted by Gasteiger charge is 2.42. The van der Waals surface area contributed by atoms with Crippen LogP contribution in [0.4, 0.5) is 5.13 Å². The quantitative estimate of drug-likeness (QED) is 0.342. The van der Waals surface area contributed by atoms with E-state index in [1.54, 1.807) is 0 Å². The summed E-state index contributed by atoms with van der Waals surface area (Å²) in [6.07, 6.45) is 1.42. The van der Waals surface area contributed by atoms with E-state index >= 15 is 0 Å². The van der Waals surface area contributed by atoms with Gasteiger partial charge in [0.1, 0.15) is 6.04 Å². The number of benzene rings is 1. The number of aromatic nitrogens is 1. The minimum atomic E-state index is -4.11. The summed E-state index contributed by atoms with van der Waals surface area (Å²) in [6, 6.07) is 8.63. The van der Waals surface area contributed by atoms with Crippen molar-refractivity contribution in [3.63, 3.8) is 0 Å². The average molecular weight is 496 g/mol. The first-order valence-electron chi connectivity index (χ1n) is 10.7. The van der Waals surface area contributed by atoms with Gasteiger partial charge in [-0.3, -0.25) is 14.8 Å². The molecule has 1 unspecified atom stereocenters. The van der Waals surface area contributed by atoms with Crippen LogP contribution in [0.15, 0.2) is 35.7 Å². The predicted molar refractivity (Wildman–Crippen MR) is 126 cm³/mol. The van der Waals surface area contributed by atoms with Crippen LogP contribution in [0.3, 0.4) is 0 Å². The third-order valence-electron chi connectivity index (χ3n) is 5.33. The smallest absolute Gasteiger partial charge is 0.283 e. The molecule has 1 saturated heterocycles. The molecule has 3 rings (SSSR count). The molecule has 1 aliphatic rings. The number of nitrogens with one attached hydrogen (secondary N) is 2. The molecular formula is C21H29N5O5S2. The molecule has 1 aromatic carbocycles. The second-order valence-corrected chi connectivity index (χ2v) is 11.0. The van der Waals surface area contributed by atoms with E-state index in [4.69, 9.17) is 5.21 Å². The lowest BCUT2D eigenvalue weighted by atomic mass is 10.1. The molecule has 1 aromatic heterocycles. The second-order valence-electron chi connectivity index (χ2n) is 8.22. The normalized spacial score (nSPS) is 16.9. The molecule has 1 atom stereocenters. The Morgan fingerprint density at radius 2 is 2.03 bits per heavy atom. The van der Waals surface area contributed by atoms with Gasteiger partial charge >= 0.3 is 0 Å². The van der Waals surface area contributed by atoms with Crippen LogP contribution in [0.25, 0.3) is 11.3 Å². The third-order valence-corrected chi connectivity index (χ3v) is 8.09. The van der Waals surface area contributed by atoms with Crippen molar-refractivity contribution in [3.05, 3.63) is 35.7 Å². The monoisotopic (exact) mass is 495 g/mol. The summed E-state index contributed by atoms with van der Waals surface area (Å²) in [7, 11) is -4.11. The van der Waals surface area contributed by atoms with Crippen molar-refractivity contribution in [2.24, 2.45) is 5.92 Å². The number of rotatable bonds is 10. The van der Waals surface area contributed by atoms with Gasteiger partial charge in [0, 0.05) is 24.0 Å². The topological polar surface area (TPSA) is 132 Å². The van der Waals surface area contributed by atoms with Crippen molar-refractivity contribution in [1.29, 1.82) is 0 Å². The van der Waals surface area contributed by atoms with Crippen molar-refractivity contribution in [3.8, 4) is 11.3 Å². The maximum atomic E-state index is 13.4. The molecule has 1 aliphatic heterocycles. The second kappa shape index (κ2) is 11.2. The number of thiazole rings is 1. The Kier molecular flexibility index (Phi) is 8.54.